The monoisotopic (exact) mass is 368 g/mol. The van der Waals surface area contributed by atoms with Gasteiger partial charge in [0.15, 0.2) is 5.17 Å². The lowest BCUT2D eigenvalue weighted by Gasteiger charge is -2.35. The number of nitrogens with zero attached hydrogens (tertiary/aromatic N) is 2. The van der Waals surface area contributed by atoms with Gasteiger partial charge in [-0.1, -0.05) is 42.1 Å². The van der Waals surface area contributed by atoms with Crippen molar-refractivity contribution in [3.05, 3.63) is 60.2 Å². The molecule has 2 aliphatic heterocycles. The summed E-state index contributed by atoms with van der Waals surface area (Å²) in [6.45, 7) is 0.830. The molecule has 26 heavy (non-hydrogen) atoms. The molecule has 0 radical (unpaired) electrons. The number of carbonyl (C=O) groups is 1. The van der Waals surface area contributed by atoms with Crippen molar-refractivity contribution in [2.24, 2.45) is 10.9 Å². The molecule has 0 aromatic heterocycles. The number of anilines is 2. The molecule has 1 saturated heterocycles. The second-order valence-electron chi connectivity index (χ2n) is 6.63. The van der Waals surface area contributed by atoms with Gasteiger partial charge in [0.1, 0.15) is 5.54 Å². The number of fused-ring (bicyclic) bond motifs is 1. The summed E-state index contributed by atoms with van der Waals surface area (Å²) in [5, 5.41) is 13.7. The Morgan fingerprint density at radius 1 is 1.27 bits per heavy atom. The fourth-order valence-corrected chi connectivity index (χ4v) is 4.82. The van der Waals surface area contributed by atoms with Crippen molar-refractivity contribution in [2.45, 2.75) is 5.54 Å². The predicted molar refractivity (Wildman–Crippen MR) is 106 cm³/mol. The molecule has 4 rings (SSSR count). The van der Waals surface area contributed by atoms with Crippen LogP contribution in [0.3, 0.4) is 0 Å². The molecule has 2 atom stereocenters. The average Bonchev–Trinajstić information content (AvgIpc) is 3.03. The number of likely N-dealkylation sites (tertiary alicyclic amines) is 1. The van der Waals surface area contributed by atoms with Crippen LogP contribution in [-0.2, 0) is 5.54 Å². The van der Waals surface area contributed by atoms with E-state index in [1.54, 1.807) is 11.8 Å². The summed E-state index contributed by atoms with van der Waals surface area (Å²) >= 11 is 1.63. The van der Waals surface area contributed by atoms with E-state index in [0.29, 0.717) is 18.8 Å². The van der Waals surface area contributed by atoms with Crippen LogP contribution < -0.4 is 11.1 Å². The van der Waals surface area contributed by atoms with Crippen LogP contribution in [0.2, 0.25) is 0 Å². The molecule has 0 spiro atoms. The third-order valence-corrected chi connectivity index (χ3v) is 5.99. The highest BCUT2D eigenvalue weighted by Crippen LogP contribution is 2.46. The van der Waals surface area contributed by atoms with Crippen LogP contribution in [0.15, 0.2) is 59.6 Å². The van der Waals surface area contributed by atoms with Crippen molar-refractivity contribution in [1.29, 1.82) is 0 Å². The zero-order valence-corrected chi connectivity index (χ0v) is 14.9. The Morgan fingerprint density at radius 2 is 2.08 bits per heavy atom. The molecule has 2 aliphatic rings. The molecule has 0 unspecified atom stereocenters. The van der Waals surface area contributed by atoms with Gasteiger partial charge in [-0.25, -0.2) is 9.79 Å². The van der Waals surface area contributed by atoms with E-state index in [-0.39, 0.29) is 5.92 Å². The average molecular weight is 368 g/mol. The number of amidine groups is 1. The molecule has 2 aromatic rings. The van der Waals surface area contributed by atoms with Crippen LogP contribution in [0, 0.1) is 5.92 Å². The third-order valence-electron chi connectivity index (χ3n) is 4.95. The molecule has 0 bridgehead atoms. The fourth-order valence-electron chi connectivity index (χ4n) is 3.67. The van der Waals surface area contributed by atoms with E-state index >= 15 is 0 Å². The van der Waals surface area contributed by atoms with E-state index in [2.05, 4.69) is 5.32 Å². The number of hydrogen-bond donors (Lipinski definition) is 3. The van der Waals surface area contributed by atoms with Gasteiger partial charge in [0, 0.05) is 29.6 Å². The van der Waals surface area contributed by atoms with Gasteiger partial charge in [0.05, 0.1) is 6.54 Å². The first kappa shape index (κ1) is 16.8. The van der Waals surface area contributed by atoms with Gasteiger partial charge in [0.25, 0.3) is 0 Å². The summed E-state index contributed by atoms with van der Waals surface area (Å²) in [7, 11) is 0. The van der Waals surface area contributed by atoms with E-state index in [1.165, 1.54) is 4.90 Å². The van der Waals surface area contributed by atoms with Gasteiger partial charge >= 0.3 is 6.09 Å². The molecule has 0 aliphatic carbocycles. The smallest absolute Gasteiger partial charge is 0.407 e. The van der Waals surface area contributed by atoms with E-state index in [9.17, 15) is 9.90 Å². The van der Waals surface area contributed by atoms with Crippen molar-refractivity contribution >= 4 is 34.4 Å². The minimum atomic E-state index is -0.902. The molecule has 6 nitrogen and oxygen atoms in total. The van der Waals surface area contributed by atoms with Crippen LogP contribution in [0.5, 0.6) is 0 Å². The minimum absolute atomic E-state index is 0.117. The topological polar surface area (TPSA) is 91.0 Å². The number of rotatable bonds is 2. The number of thioether (sulfide) groups is 1. The molecule has 2 aromatic carbocycles. The molecule has 1 amide bonds. The van der Waals surface area contributed by atoms with Crippen LogP contribution >= 0.6 is 11.8 Å². The lowest BCUT2D eigenvalue weighted by atomic mass is 9.81. The zero-order valence-electron chi connectivity index (χ0n) is 14.1. The van der Waals surface area contributed by atoms with Crippen LogP contribution in [-0.4, -0.2) is 40.1 Å². The van der Waals surface area contributed by atoms with Crippen LogP contribution in [0.1, 0.15) is 5.56 Å². The summed E-state index contributed by atoms with van der Waals surface area (Å²) < 4.78 is 0. The molecule has 1 fully saturated rings. The lowest BCUT2D eigenvalue weighted by molar-refractivity contribution is 0.152. The van der Waals surface area contributed by atoms with E-state index in [4.69, 9.17) is 10.7 Å². The molecule has 134 valence electrons. The predicted octanol–water partition coefficient (Wildman–Crippen LogP) is 3.29. The first-order chi connectivity index (χ1) is 12.6. The van der Waals surface area contributed by atoms with Crippen LogP contribution in [0.25, 0.3) is 0 Å². The third kappa shape index (κ3) is 2.99. The van der Waals surface area contributed by atoms with Crippen LogP contribution in [0.4, 0.5) is 16.2 Å². The largest absolute Gasteiger partial charge is 0.465 e. The first-order valence-corrected chi connectivity index (χ1v) is 9.44. The zero-order chi connectivity index (χ0) is 18.1. The summed E-state index contributed by atoms with van der Waals surface area (Å²) in [6, 6.07) is 17.5. The molecule has 4 N–H and O–H groups in total. The Morgan fingerprint density at radius 3 is 2.81 bits per heavy atom. The number of nitrogens with two attached hydrogens (primary N) is 1. The Labute approximate surface area is 156 Å². The number of para-hydroxylation sites is 1. The maximum atomic E-state index is 11.6. The Kier molecular flexibility index (Phi) is 4.24. The quantitative estimate of drug-likeness (QED) is 0.708. The van der Waals surface area contributed by atoms with E-state index in [0.717, 1.165) is 22.2 Å². The highest BCUT2D eigenvalue weighted by Gasteiger charge is 2.51. The Hall–Kier alpha value is -2.67. The fraction of sp³-hybridized carbons (Fsp3) is 0.263. The molecule has 7 heteroatoms. The van der Waals surface area contributed by atoms with Gasteiger partial charge in [0.2, 0.25) is 0 Å². The molecular weight excluding hydrogens is 348 g/mol. The number of nitrogens with one attached hydrogen (secondary N) is 1. The minimum Gasteiger partial charge on any atom is -0.465 e. The normalized spacial score (nSPS) is 24.7. The first-order valence-electron chi connectivity index (χ1n) is 8.45. The number of nitrogen functional groups attached to an aromatic ring is 1. The van der Waals surface area contributed by atoms with Gasteiger partial charge in [-0.15, -0.1) is 0 Å². The van der Waals surface area contributed by atoms with Crippen molar-refractivity contribution < 1.29 is 9.90 Å². The van der Waals surface area contributed by atoms with Crippen molar-refractivity contribution in [1.82, 2.24) is 4.90 Å². The van der Waals surface area contributed by atoms with Gasteiger partial charge in [-0.3, -0.25) is 0 Å². The number of benzene rings is 2. The number of aliphatic imine (C=N–C) groups is 1. The van der Waals surface area contributed by atoms with Gasteiger partial charge in [-0.05, 0) is 29.8 Å². The summed E-state index contributed by atoms with van der Waals surface area (Å²) in [5.74, 6) is 0.920. The second-order valence-corrected chi connectivity index (χ2v) is 7.64. The number of carboxylic acid groups (broad SMARTS) is 1. The number of hydrogen-bond acceptors (Lipinski definition) is 5. The van der Waals surface area contributed by atoms with Crippen molar-refractivity contribution in [3.63, 3.8) is 0 Å². The van der Waals surface area contributed by atoms with E-state index in [1.807, 2.05) is 54.6 Å². The second kappa shape index (κ2) is 6.57. The van der Waals surface area contributed by atoms with Crippen molar-refractivity contribution in [2.75, 3.05) is 29.9 Å². The summed E-state index contributed by atoms with van der Waals surface area (Å²) in [6.07, 6.45) is -0.902. The molecular formula is C19H20N4O2S. The maximum absolute atomic E-state index is 11.6. The van der Waals surface area contributed by atoms with Crippen molar-refractivity contribution in [3.8, 4) is 0 Å². The Balaban J connectivity index is 1.75. The highest BCUT2D eigenvalue weighted by molar-refractivity contribution is 8.14. The lowest BCUT2D eigenvalue weighted by Crippen LogP contribution is -2.40. The number of amides is 1. The summed E-state index contributed by atoms with van der Waals surface area (Å²) in [5.41, 5.74) is 8.00. The van der Waals surface area contributed by atoms with Gasteiger partial charge in [-0.2, -0.15) is 0 Å². The SMILES string of the molecule is Nc1cccc([C@]23CN(C(=O)O)C[C@H]2CSC(Nc2ccccc2)=N3)c1. The van der Waals surface area contributed by atoms with Gasteiger partial charge < -0.3 is 21.1 Å². The molecule has 2 heterocycles. The standard InChI is InChI=1S/C19H20N4O2S/c20-15-6-4-5-13(9-15)19-12-23(18(24)25)10-14(19)11-26-17(22-19)21-16-7-2-1-3-8-16/h1-9,14H,10-12,20H2,(H,21,22)(H,24,25)/t14-,19+/m0/s1. The summed E-state index contributed by atoms with van der Waals surface area (Å²) in [4.78, 5) is 18.1. The highest BCUT2D eigenvalue weighted by atomic mass is 32.2. The van der Waals surface area contributed by atoms with E-state index < -0.39 is 11.6 Å². The maximum Gasteiger partial charge on any atom is 0.407 e. The Bertz CT molecular complexity index is 858. The molecule has 0 saturated carbocycles.